The molecule has 43 heavy (non-hydrogen) atoms. The number of rotatable bonds is 8. The Balaban J connectivity index is 1.84. The van der Waals surface area contributed by atoms with Crippen molar-refractivity contribution in [3.8, 4) is 5.75 Å². The molecule has 2 heterocycles. The maximum atomic E-state index is 15.7. The first-order valence-corrected chi connectivity index (χ1v) is 14.8. The molecule has 0 amide bonds. The average molecular weight is 645 g/mol. The number of aromatic carboxylic acids is 1. The van der Waals surface area contributed by atoms with Crippen LogP contribution in [0.2, 0.25) is 0 Å². The van der Waals surface area contributed by atoms with E-state index in [0.717, 1.165) is 11.1 Å². The first-order chi connectivity index (χ1) is 19.8. The van der Waals surface area contributed by atoms with Gasteiger partial charge in [-0.05, 0) is 38.3 Å². The normalized spacial score (nSPS) is 22.5. The van der Waals surface area contributed by atoms with E-state index < -0.39 is 118 Å². The molecular weight excluding hydrogens is 616 g/mol. The molecule has 2 atom stereocenters. The molecule has 1 aliphatic heterocycles. The van der Waals surface area contributed by atoms with Crippen LogP contribution in [0, 0.1) is 5.92 Å². The monoisotopic (exact) mass is 644 g/mol. The number of aromatic nitrogens is 1. The largest absolute Gasteiger partial charge is 0.488 e. The van der Waals surface area contributed by atoms with Gasteiger partial charge in [-0.3, -0.25) is 0 Å². The van der Waals surface area contributed by atoms with E-state index in [1.807, 2.05) is 0 Å². The Kier molecular flexibility index (Phi) is 8.93. The second-order valence-electron chi connectivity index (χ2n) is 10.9. The van der Waals surface area contributed by atoms with Gasteiger partial charge in [0.25, 0.3) is 0 Å². The van der Waals surface area contributed by atoms with Gasteiger partial charge < -0.3 is 14.7 Å². The minimum absolute atomic E-state index is 0.144. The summed E-state index contributed by atoms with van der Waals surface area (Å²) >= 11 is 0. The number of sulfone groups is 1. The Morgan fingerprint density at radius 1 is 1.16 bits per heavy atom. The number of carboxylic acids is 1. The van der Waals surface area contributed by atoms with Crippen LogP contribution >= 0.6 is 0 Å². The van der Waals surface area contributed by atoms with Crippen molar-refractivity contribution in [3.05, 3.63) is 47.3 Å². The lowest BCUT2D eigenvalue weighted by atomic mass is 9.89. The molecule has 1 saturated carbocycles. The van der Waals surface area contributed by atoms with Gasteiger partial charge >= 0.3 is 12.1 Å². The molecule has 16 heteroatoms. The number of hydrogen-bond acceptors (Lipinski definition) is 6. The van der Waals surface area contributed by atoms with Crippen molar-refractivity contribution in [2.75, 3.05) is 11.4 Å². The highest BCUT2D eigenvalue weighted by Crippen LogP contribution is 2.48. The van der Waals surface area contributed by atoms with Crippen molar-refractivity contribution in [3.63, 3.8) is 0 Å². The van der Waals surface area contributed by atoms with E-state index in [4.69, 9.17) is 4.74 Å². The Bertz CT molecular complexity index is 1450. The first kappa shape index (κ1) is 32.7. The Morgan fingerprint density at radius 3 is 2.40 bits per heavy atom. The minimum Gasteiger partial charge on any atom is -0.488 e. The average Bonchev–Trinajstić information content (AvgIpc) is 2.98. The quantitative estimate of drug-likeness (QED) is 0.313. The molecule has 2 aromatic rings. The molecule has 2 aliphatic rings. The highest BCUT2D eigenvalue weighted by Gasteiger charge is 2.47. The summed E-state index contributed by atoms with van der Waals surface area (Å²) in [6, 6.07) is 2.50. The zero-order valence-corrected chi connectivity index (χ0v) is 23.5. The van der Waals surface area contributed by atoms with Crippen molar-refractivity contribution in [1.82, 2.24) is 4.98 Å². The van der Waals surface area contributed by atoms with E-state index in [0.29, 0.717) is 19.1 Å². The lowest BCUT2D eigenvalue weighted by Crippen LogP contribution is -2.44. The smallest absolute Gasteiger partial charge is 0.420 e. The van der Waals surface area contributed by atoms with Gasteiger partial charge in [0.2, 0.25) is 27.2 Å². The van der Waals surface area contributed by atoms with Crippen LogP contribution in [0.4, 0.5) is 40.8 Å². The van der Waals surface area contributed by atoms with E-state index in [-0.39, 0.29) is 18.4 Å². The molecular formula is C27H28F8N2O5S. The second kappa shape index (κ2) is 11.7. The predicted octanol–water partition coefficient (Wildman–Crippen LogP) is 6.90. The molecule has 238 valence electrons. The number of nitrogens with zero attached hydrogens (tertiary/aromatic N) is 2. The van der Waals surface area contributed by atoms with Gasteiger partial charge in [0.1, 0.15) is 12.4 Å². The maximum Gasteiger partial charge on any atom is 0.420 e. The maximum absolute atomic E-state index is 15.7. The Labute approximate surface area is 241 Å². The van der Waals surface area contributed by atoms with Crippen molar-refractivity contribution >= 4 is 21.5 Å². The zero-order chi connectivity index (χ0) is 32.0. The number of ether oxygens (including phenoxy) is 1. The molecule has 1 aliphatic carbocycles. The third-order valence-electron chi connectivity index (χ3n) is 7.64. The first-order valence-electron chi connectivity index (χ1n) is 13.3. The van der Waals surface area contributed by atoms with Gasteiger partial charge in [0.05, 0.1) is 16.1 Å². The molecule has 0 unspecified atom stereocenters. The lowest BCUT2D eigenvalue weighted by Gasteiger charge is -2.39. The standard InChI is InChI=1S/C27H28F8N2O5S/c1-25(29,30)7-4-15-13-37(17-5-8-26(31,32)9-6-17)19-11-18(27(33,34)35)20(12-21(19)43(40,41)23(15)28)42-14-16-3-2-10-36-22(16)24(38)39/h2-3,10-12,15,17,23H,4-9,13-14H2,1H3,(H,38,39)/t15-,23+/m0/s1. The summed E-state index contributed by atoms with van der Waals surface area (Å²) in [5.74, 6) is -10.5. The third-order valence-corrected chi connectivity index (χ3v) is 9.56. The van der Waals surface area contributed by atoms with Crippen molar-refractivity contribution in [1.29, 1.82) is 0 Å². The van der Waals surface area contributed by atoms with E-state index in [9.17, 15) is 49.1 Å². The number of anilines is 1. The number of fused-ring (bicyclic) bond motifs is 1. The highest BCUT2D eigenvalue weighted by atomic mass is 32.2. The van der Waals surface area contributed by atoms with Crippen LogP contribution in [0.1, 0.15) is 67.1 Å². The fourth-order valence-electron chi connectivity index (χ4n) is 5.40. The summed E-state index contributed by atoms with van der Waals surface area (Å²) in [4.78, 5) is 15.3. The van der Waals surface area contributed by atoms with Crippen molar-refractivity contribution < 1.29 is 58.2 Å². The second-order valence-corrected chi connectivity index (χ2v) is 12.9. The molecule has 1 N–H and O–H groups in total. The van der Waals surface area contributed by atoms with Gasteiger partial charge in [-0.15, -0.1) is 0 Å². The molecule has 0 spiro atoms. The number of pyridine rings is 1. The number of halogens is 8. The van der Waals surface area contributed by atoms with E-state index >= 15 is 4.39 Å². The number of hydrogen-bond donors (Lipinski definition) is 1. The molecule has 0 saturated heterocycles. The summed E-state index contributed by atoms with van der Waals surface area (Å²) in [7, 11) is -5.11. The summed E-state index contributed by atoms with van der Waals surface area (Å²) < 4.78 is 146. The van der Waals surface area contributed by atoms with Gasteiger partial charge in [-0.1, -0.05) is 6.07 Å². The summed E-state index contributed by atoms with van der Waals surface area (Å²) in [5, 5.41) is 9.32. The van der Waals surface area contributed by atoms with Crippen molar-refractivity contribution in [2.45, 2.75) is 86.5 Å². The molecule has 1 aromatic heterocycles. The number of carbonyl (C=O) groups is 1. The Hall–Kier alpha value is -3.17. The minimum atomic E-state index is -5.16. The third kappa shape index (κ3) is 7.32. The van der Waals surface area contributed by atoms with E-state index in [1.165, 1.54) is 12.1 Å². The van der Waals surface area contributed by atoms with Crippen LogP contribution in [-0.2, 0) is 22.6 Å². The van der Waals surface area contributed by atoms with Crippen LogP contribution in [0.5, 0.6) is 5.75 Å². The van der Waals surface area contributed by atoms with Gasteiger partial charge in [-0.2, -0.15) is 13.2 Å². The van der Waals surface area contributed by atoms with Crippen LogP contribution in [0.15, 0.2) is 35.4 Å². The molecule has 7 nitrogen and oxygen atoms in total. The zero-order valence-electron chi connectivity index (χ0n) is 22.7. The van der Waals surface area contributed by atoms with Gasteiger partial charge in [-0.25, -0.2) is 40.1 Å². The van der Waals surface area contributed by atoms with Crippen LogP contribution in [0.25, 0.3) is 0 Å². The lowest BCUT2D eigenvalue weighted by molar-refractivity contribution is -0.139. The SMILES string of the molecule is CC(F)(F)CC[C@H]1CN(C2CCC(F)(F)CC2)c2cc(C(F)(F)F)c(OCc3cccnc3C(=O)O)cc2S(=O)(=O)[C@H]1F. The number of carboxylic acid groups (broad SMARTS) is 1. The van der Waals surface area contributed by atoms with Crippen molar-refractivity contribution in [2.24, 2.45) is 5.92 Å². The van der Waals surface area contributed by atoms with Gasteiger partial charge in [0, 0.05) is 55.6 Å². The summed E-state index contributed by atoms with van der Waals surface area (Å²) in [5.41, 5.74) is -5.56. The van der Waals surface area contributed by atoms with Gasteiger partial charge in [0.15, 0.2) is 5.69 Å². The summed E-state index contributed by atoms with van der Waals surface area (Å²) in [6.45, 7) is -0.834. The van der Waals surface area contributed by atoms with Crippen LogP contribution in [0.3, 0.4) is 0 Å². The molecule has 1 fully saturated rings. The molecule has 4 rings (SSSR count). The van der Waals surface area contributed by atoms with Crippen LogP contribution < -0.4 is 9.64 Å². The Morgan fingerprint density at radius 2 is 1.81 bits per heavy atom. The topological polar surface area (TPSA) is 96.8 Å². The number of alkyl halides is 8. The summed E-state index contributed by atoms with van der Waals surface area (Å²) in [6.07, 6.45) is -7.43. The highest BCUT2D eigenvalue weighted by molar-refractivity contribution is 7.92. The van der Waals surface area contributed by atoms with Crippen LogP contribution in [-0.4, -0.2) is 54.4 Å². The fourth-order valence-corrected chi connectivity index (χ4v) is 7.11. The fraction of sp³-hybridized carbons (Fsp3) is 0.556. The molecule has 1 aromatic carbocycles. The molecule has 0 radical (unpaired) electrons. The predicted molar refractivity (Wildman–Crippen MR) is 137 cm³/mol. The molecule has 0 bridgehead atoms. The number of benzene rings is 1. The van der Waals surface area contributed by atoms with E-state index in [1.54, 1.807) is 0 Å². The van der Waals surface area contributed by atoms with E-state index in [2.05, 4.69) is 4.98 Å².